The van der Waals surface area contributed by atoms with Crippen molar-refractivity contribution in [2.75, 3.05) is 0 Å². The van der Waals surface area contributed by atoms with Gasteiger partial charge < -0.3 is 9.47 Å². The van der Waals surface area contributed by atoms with E-state index in [2.05, 4.69) is 109 Å². The van der Waals surface area contributed by atoms with Crippen LogP contribution in [0.4, 0.5) is 0 Å². The molecule has 0 saturated carbocycles. The van der Waals surface area contributed by atoms with Gasteiger partial charge in [0.15, 0.2) is 28.8 Å². The van der Waals surface area contributed by atoms with Gasteiger partial charge in [0.05, 0.1) is 16.6 Å². The van der Waals surface area contributed by atoms with Crippen molar-refractivity contribution >= 4 is 10.9 Å². The zero-order chi connectivity index (χ0) is 32.4. The maximum atomic E-state index is 6.72. The van der Waals surface area contributed by atoms with Crippen LogP contribution in [0.15, 0.2) is 170 Å². The average molecular weight is 629 g/mol. The molecule has 0 fully saturated rings. The second-order valence-corrected chi connectivity index (χ2v) is 12.5. The molecule has 230 valence electrons. The third-order valence-corrected chi connectivity index (χ3v) is 9.81. The Hall–Kier alpha value is -6.52. The standard InChI is InChI=1S/C45H28N2O2/c1-4-14-29(15-5-1)44-46-38-23-13-11-21-34(38)43(47-44)30-24-25-39-40(26-30)49-41-27-35-33-20-10-12-22-36(33)45(31-16-6-2-7-17-31,32-18-8-3-9-19-32)37(35)28-42(41)48-39/h1-28H. The first kappa shape index (κ1) is 27.6. The first-order valence-electron chi connectivity index (χ1n) is 16.5. The van der Waals surface area contributed by atoms with E-state index >= 15 is 0 Å². The van der Waals surface area contributed by atoms with Crippen molar-refractivity contribution in [1.82, 2.24) is 9.97 Å². The van der Waals surface area contributed by atoms with Crippen molar-refractivity contribution in [3.05, 3.63) is 192 Å². The van der Waals surface area contributed by atoms with E-state index in [1.54, 1.807) is 0 Å². The number of para-hydroxylation sites is 1. The first-order chi connectivity index (χ1) is 24.3. The molecule has 4 nitrogen and oxygen atoms in total. The van der Waals surface area contributed by atoms with Crippen LogP contribution in [0.2, 0.25) is 0 Å². The largest absolute Gasteiger partial charge is 0.450 e. The number of rotatable bonds is 4. The molecule has 4 heteroatoms. The summed E-state index contributed by atoms with van der Waals surface area (Å²) in [6.45, 7) is 0. The topological polar surface area (TPSA) is 44.2 Å². The Bertz CT molecular complexity index is 2510. The molecule has 7 aromatic carbocycles. The fraction of sp³-hybridized carbons (Fsp3) is 0.0222. The monoisotopic (exact) mass is 628 g/mol. The molecule has 2 aliphatic rings. The Morgan fingerprint density at radius 1 is 0.408 bits per heavy atom. The molecule has 0 saturated heterocycles. The quantitative estimate of drug-likeness (QED) is 0.195. The van der Waals surface area contributed by atoms with Gasteiger partial charge in [-0.2, -0.15) is 0 Å². The van der Waals surface area contributed by atoms with Crippen molar-refractivity contribution in [2.45, 2.75) is 5.41 Å². The van der Waals surface area contributed by atoms with Crippen molar-refractivity contribution in [1.29, 1.82) is 0 Å². The van der Waals surface area contributed by atoms with Crippen LogP contribution < -0.4 is 9.47 Å². The highest BCUT2D eigenvalue weighted by Gasteiger charge is 2.47. The van der Waals surface area contributed by atoms with Gasteiger partial charge in [-0.25, -0.2) is 9.97 Å². The van der Waals surface area contributed by atoms with Gasteiger partial charge in [0.25, 0.3) is 0 Å². The lowest BCUT2D eigenvalue weighted by Crippen LogP contribution is -2.28. The number of hydrogen-bond acceptors (Lipinski definition) is 4. The van der Waals surface area contributed by atoms with Gasteiger partial charge in [-0.1, -0.05) is 133 Å². The second kappa shape index (κ2) is 10.8. The van der Waals surface area contributed by atoms with Crippen LogP contribution >= 0.6 is 0 Å². The smallest absolute Gasteiger partial charge is 0.170 e. The van der Waals surface area contributed by atoms with Crippen LogP contribution in [-0.4, -0.2) is 9.97 Å². The fourth-order valence-electron chi connectivity index (χ4n) is 7.68. The minimum absolute atomic E-state index is 0.512. The normalized spacial score (nSPS) is 13.4. The van der Waals surface area contributed by atoms with Gasteiger partial charge in [0, 0.05) is 16.5 Å². The highest BCUT2D eigenvalue weighted by Crippen LogP contribution is 2.59. The molecule has 0 bridgehead atoms. The first-order valence-corrected chi connectivity index (χ1v) is 16.5. The second-order valence-electron chi connectivity index (χ2n) is 12.5. The Labute approximate surface area is 283 Å². The summed E-state index contributed by atoms with van der Waals surface area (Å²) in [7, 11) is 0. The number of fused-ring (bicyclic) bond motifs is 6. The lowest BCUT2D eigenvalue weighted by Gasteiger charge is -2.34. The van der Waals surface area contributed by atoms with E-state index in [1.165, 1.54) is 27.8 Å². The molecular weight excluding hydrogens is 601 g/mol. The predicted molar refractivity (Wildman–Crippen MR) is 194 cm³/mol. The molecule has 0 radical (unpaired) electrons. The van der Waals surface area contributed by atoms with E-state index < -0.39 is 5.41 Å². The van der Waals surface area contributed by atoms with Crippen LogP contribution in [-0.2, 0) is 5.41 Å². The summed E-state index contributed by atoms with van der Waals surface area (Å²) in [6, 6.07) is 58.9. The number of hydrogen-bond donors (Lipinski definition) is 0. The lowest BCUT2D eigenvalue weighted by atomic mass is 9.67. The number of aromatic nitrogens is 2. The molecule has 1 aliphatic carbocycles. The minimum atomic E-state index is -0.512. The molecule has 10 rings (SSSR count). The molecule has 1 aliphatic heterocycles. The third kappa shape index (κ3) is 4.17. The minimum Gasteiger partial charge on any atom is -0.450 e. The van der Waals surface area contributed by atoms with Gasteiger partial charge in [0.1, 0.15) is 0 Å². The van der Waals surface area contributed by atoms with E-state index in [9.17, 15) is 0 Å². The van der Waals surface area contributed by atoms with E-state index in [4.69, 9.17) is 19.4 Å². The summed E-state index contributed by atoms with van der Waals surface area (Å²) in [5.41, 5.74) is 10.3. The summed E-state index contributed by atoms with van der Waals surface area (Å²) in [5.74, 6) is 3.38. The van der Waals surface area contributed by atoms with Crippen LogP contribution in [0.25, 0.3) is 44.7 Å². The molecule has 0 unspecified atom stereocenters. The molecule has 49 heavy (non-hydrogen) atoms. The average Bonchev–Trinajstić information content (AvgIpc) is 3.46. The third-order valence-electron chi connectivity index (χ3n) is 9.81. The summed E-state index contributed by atoms with van der Waals surface area (Å²) in [6.07, 6.45) is 0. The van der Waals surface area contributed by atoms with Crippen molar-refractivity contribution in [3.63, 3.8) is 0 Å². The van der Waals surface area contributed by atoms with Crippen molar-refractivity contribution < 1.29 is 9.47 Å². The Morgan fingerprint density at radius 2 is 1.02 bits per heavy atom. The van der Waals surface area contributed by atoms with Crippen LogP contribution in [0.1, 0.15) is 22.3 Å². The van der Waals surface area contributed by atoms with Crippen molar-refractivity contribution in [3.8, 4) is 56.8 Å². The van der Waals surface area contributed by atoms with E-state index in [0.717, 1.165) is 33.3 Å². The van der Waals surface area contributed by atoms with Gasteiger partial charge in [0.2, 0.25) is 0 Å². The molecule has 0 amide bonds. The number of nitrogens with zero attached hydrogens (tertiary/aromatic N) is 2. The number of ether oxygens (including phenoxy) is 2. The Balaban J connectivity index is 1.12. The van der Waals surface area contributed by atoms with Crippen LogP contribution in [0.5, 0.6) is 23.0 Å². The summed E-state index contributed by atoms with van der Waals surface area (Å²) in [4.78, 5) is 9.96. The predicted octanol–water partition coefficient (Wildman–Crippen LogP) is 11.2. The maximum Gasteiger partial charge on any atom is 0.170 e. The molecule has 0 atom stereocenters. The van der Waals surface area contributed by atoms with Gasteiger partial charge >= 0.3 is 0 Å². The molecule has 2 heterocycles. The molecule has 0 N–H and O–H groups in total. The Morgan fingerprint density at radius 3 is 1.80 bits per heavy atom. The summed E-state index contributed by atoms with van der Waals surface area (Å²) in [5, 5.41) is 0.979. The Kier molecular flexibility index (Phi) is 6.06. The van der Waals surface area contributed by atoms with E-state index in [-0.39, 0.29) is 0 Å². The van der Waals surface area contributed by atoms with Crippen molar-refractivity contribution in [2.24, 2.45) is 0 Å². The summed E-state index contributed by atoms with van der Waals surface area (Å²) >= 11 is 0. The fourth-order valence-corrected chi connectivity index (χ4v) is 7.68. The van der Waals surface area contributed by atoms with Gasteiger partial charge in [-0.15, -0.1) is 0 Å². The maximum absolute atomic E-state index is 6.72. The van der Waals surface area contributed by atoms with Crippen LogP contribution in [0, 0.1) is 0 Å². The molecular formula is C45H28N2O2. The highest BCUT2D eigenvalue weighted by molar-refractivity contribution is 5.94. The SMILES string of the molecule is c1ccc(-c2nc(-c3ccc4c(c3)Oc3cc5c(cc3O4)C(c3ccccc3)(c3ccccc3)c3ccccc3-5)c3ccccc3n2)cc1. The van der Waals surface area contributed by atoms with Crippen LogP contribution in [0.3, 0.4) is 0 Å². The van der Waals surface area contributed by atoms with Gasteiger partial charge in [-0.05, 0) is 69.8 Å². The van der Waals surface area contributed by atoms with E-state index in [0.29, 0.717) is 28.8 Å². The van der Waals surface area contributed by atoms with Gasteiger partial charge in [-0.3, -0.25) is 0 Å². The zero-order valence-electron chi connectivity index (χ0n) is 26.4. The lowest BCUT2D eigenvalue weighted by molar-refractivity contribution is 0.359. The molecule has 1 aromatic heterocycles. The molecule has 0 spiro atoms. The highest BCUT2D eigenvalue weighted by atomic mass is 16.6. The van der Waals surface area contributed by atoms with E-state index in [1.807, 2.05) is 60.7 Å². The zero-order valence-corrected chi connectivity index (χ0v) is 26.4. The number of benzene rings is 7. The molecule has 8 aromatic rings. The summed E-state index contributed by atoms with van der Waals surface area (Å²) < 4.78 is 13.4.